The molecule has 1 aromatic heterocycles. The van der Waals surface area contributed by atoms with Gasteiger partial charge in [0.05, 0.1) is 5.10 Å². The number of rotatable bonds is 3. The maximum Gasteiger partial charge on any atom is 0.238 e. The fraction of sp³-hybridized carbons (Fsp3) is 0.333. The van der Waals surface area contributed by atoms with Crippen molar-refractivity contribution < 1.29 is 9.42 Å². The fourth-order valence-corrected chi connectivity index (χ4v) is 2.42. The minimum atomic E-state index is -0.705. The zero-order valence-electron chi connectivity index (χ0n) is 8.74. The van der Waals surface area contributed by atoms with Crippen molar-refractivity contribution in [1.82, 2.24) is 9.88 Å². The number of hydrogen-bond donors (Lipinski definition) is 0. The molecule has 0 unspecified atom stereocenters. The Morgan fingerprint density at radius 2 is 2.47 bits per heavy atom. The molecule has 1 aliphatic heterocycles. The van der Waals surface area contributed by atoms with E-state index in [4.69, 9.17) is 0 Å². The van der Waals surface area contributed by atoms with E-state index in [1.165, 1.54) is 24.0 Å². The Kier molecular flexibility index (Phi) is 3.52. The van der Waals surface area contributed by atoms with Gasteiger partial charge < -0.3 is 4.90 Å². The molecule has 1 saturated heterocycles. The van der Waals surface area contributed by atoms with Crippen molar-refractivity contribution in [2.24, 2.45) is 5.10 Å². The lowest BCUT2D eigenvalue weighted by Gasteiger charge is -2.15. The smallest absolute Gasteiger partial charge is 0.238 e. The van der Waals surface area contributed by atoms with Crippen LogP contribution in [0.5, 0.6) is 0 Å². The van der Waals surface area contributed by atoms with Crippen molar-refractivity contribution in [2.45, 2.75) is 6.54 Å². The van der Waals surface area contributed by atoms with Crippen LogP contribution in [0.4, 0.5) is 4.39 Å². The summed E-state index contributed by atoms with van der Waals surface area (Å²) in [5.74, 6) is 0.227. The molecular formula is C9H9FN4O2S. The molecule has 0 saturated carbocycles. The molecule has 0 bridgehead atoms. The molecule has 1 aromatic rings. The van der Waals surface area contributed by atoms with E-state index < -0.39 is 11.0 Å². The molecule has 0 aromatic carbocycles. The van der Waals surface area contributed by atoms with Crippen LogP contribution in [-0.2, 0) is 6.54 Å². The van der Waals surface area contributed by atoms with E-state index in [1.807, 2.05) is 0 Å². The van der Waals surface area contributed by atoms with E-state index in [9.17, 15) is 14.5 Å². The molecule has 0 N–H and O–H groups in total. The molecule has 2 heterocycles. The highest BCUT2D eigenvalue weighted by atomic mass is 32.2. The van der Waals surface area contributed by atoms with Gasteiger partial charge >= 0.3 is 0 Å². The summed E-state index contributed by atoms with van der Waals surface area (Å²) in [5.41, 5.74) is 0.796. The van der Waals surface area contributed by atoms with E-state index in [0.29, 0.717) is 18.3 Å². The zero-order valence-corrected chi connectivity index (χ0v) is 9.56. The number of nitro groups is 1. The molecule has 8 heteroatoms. The van der Waals surface area contributed by atoms with Crippen LogP contribution in [0.15, 0.2) is 23.4 Å². The first-order chi connectivity index (χ1) is 8.15. The average Bonchev–Trinajstić information content (AvgIpc) is 2.68. The lowest BCUT2D eigenvalue weighted by molar-refractivity contribution is -0.485. The van der Waals surface area contributed by atoms with E-state index >= 15 is 0 Å². The van der Waals surface area contributed by atoms with Crippen LogP contribution in [-0.4, -0.2) is 32.4 Å². The molecule has 1 aliphatic rings. The van der Waals surface area contributed by atoms with Gasteiger partial charge in [0.1, 0.15) is 0 Å². The second-order valence-corrected chi connectivity index (χ2v) is 4.44. The normalized spacial score (nSPS) is 17.7. The Balaban J connectivity index is 2.07. The second kappa shape index (κ2) is 5.09. The molecule has 0 atom stereocenters. The molecule has 2 rings (SSSR count). The maximum atomic E-state index is 12.6. The number of nitrogens with zero attached hydrogens (tertiary/aromatic N) is 4. The van der Waals surface area contributed by atoms with Crippen LogP contribution in [0.25, 0.3) is 0 Å². The van der Waals surface area contributed by atoms with Gasteiger partial charge in [-0.1, -0.05) is 17.8 Å². The van der Waals surface area contributed by atoms with Crippen LogP contribution in [0, 0.1) is 16.1 Å². The van der Waals surface area contributed by atoms with Crippen LogP contribution >= 0.6 is 11.8 Å². The first-order valence-corrected chi connectivity index (χ1v) is 5.85. The lowest BCUT2D eigenvalue weighted by atomic mass is 10.3. The Hall–Kier alpha value is -1.70. The summed E-state index contributed by atoms with van der Waals surface area (Å²) in [6.07, 6.45) is 1.42. The number of halogens is 1. The Morgan fingerprint density at radius 1 is 1.65 bits per heavy atom. The molecule has 0 radical (unpaired) electrons. The molecule has 1 fully saturated rings. The third kappa shape index (κ3) is 3.13. The Labute approximate surface area is 101 Å². The fourth-order valence-electron chi connectivity index (χ4n) is 1.46. The van der Waals surface area contributed by atoms with Crippen LogP contribution < -0.4 is 0 Å². The summed E-state index contributed by atoms with van der Waals surface area (Å²) in [7, 11) is 0. The number of aromatic nitrogens is 1. The summed E-state index contributed by atoms with van der Waals surface area (Å²) in [5, 5.41) is 13.3. The van der Waals surface area contributed by atoms with Gasteiger partial charge in [0.15, 0.2) is 5.03 Å². The highest BCUT2D eigenvalue weighted by Crippen LogP contribution is 2.20. The third-order valence-corrected chi connectivity index (χ3v) is 3.18. The van der Waals surface area contributed by atoms with Gasteiger partial charge in [-0.05, 0) is 11.6 Å². The summed E-state index contributed by atoms with van der Waals surface area (Å²) in [6.45, 7) is 1.14. The molecule has 0 spiro atoms. The summed E-state index contributed by atoms with van der Waals surface area (Å²) < 4.78 is 12.6. The largest absolute Gasteiger partial charge is 0.341 e. The van der Waals surface area contributed by atoms with Gasteiger partial charge in [-0.2, -0.15) is 4.39 Å². The molecule has 6 nitrogen and oxygen atoms in total. The third-order valence-electron chi connectivity index (χ3n) is 2.19. The minimum absolute atomic E-state index is 0.388. The van der Waals surface area contributed by atoms with Crippen molar-refractivity contribution in [3.63, 3.8) is 0 Å². The van der Waals surface area contributed by atoms with Gasteiger partial charge in [-0.3, -0.25) is 0 Å². The summed E-state index contributed by atoms with van der Waals surface area (Å²) in [4.78, 5) is 15.6. The van der Waals surface area contributed by atoms with Gasteiger partial charge in [0.25, 0.3) is 0 Å². The number of amidine groups is 1. The van der Waals surface area contributed by atoms with Crippen LogP contribution in [0.3, 0.4) is 0 Å². The van der Waals surface area contributed by atoms with Gasteiger partial charge in [0, 0.05) is 25.0 Å². The highest BCUT2D eigenvalue weighted by Gasteiger charge is 2.22. The van der Waals surface area contributed by atoms with E-state index in [1.54, 1.807) is 11.0 Å². The lowest BCUT2D eigenvalue weighted by Crippen LogP contribution is -2.24. The highest BCUT2D eigenvalue weighted by molar-refractivity contribution is 8.14. The molecule has 0 aliphatic carbocycles. The molecular weight excluding hydrogens is 247 g/mol. The number of pyridine rings is 1. The summed E-state index contributed by atoms with van der Waals surface area (Å²) >= 11 is 1.34. The first-order valence-electron chi connectivity index (χ1n) is 4.86. The van der Waals surface area contributed by atoms with Crippen molar-refractivity contribution in [1.29, 1.82) is 0 Å². The zero-order chi connectivity index (χ0) is 12.3. The quantitative estimate of drug-likeness (QED) is 0.463. The van der Waals surface area contributed by atoms with Crippen molar-refractivity contribution in [2.75, 3.05) is 12.3 Å². The van der Waals surface area contributed by atoms with Crippen LogP contribution in [0.2, 0.25) is 0 Å². The van der Waals surface area contributed by atoms with Gasteiger partial charge in [-0.15, -0.1) is 0 Å². The monoisotopic (exact) mass is 256 g/mol. The standard InChI is InChI=1S/C9H9FN4O2S/c10-8-2-1-7(5-11-8)6-13-3-4-17-9(13)12-14(15)16/h1-2,5H,3-4,6H2. The second-order valence-electron chi connectivity index (χ2n) is 3.38. The number of hydrogen-bond acceptors (Lipinski definition) is 4. The summed E-state index contributed by atoms with van der Waals surface area (Å²) in [6, 6.07) is 2.87. The van der Waals surface area contributed by atoms with Gasteiger partial charge in [-0.25, -0.2) is 15.1 Å². The Bertz CT molecular complexity index is 451. The number of hydrazone groups is 1. The number of thioether (sulfide) groups is 1. The van der Waals surface area contributed by atoms with Crippen LogP contribution in [0.1, 0.15) is 5.56 Å². The topological polar surface area (TPSA) is 71.6 Å². The molecule has 17 heavy (non-hydrogen) atoms. The molecule has 90 valence electrons. The van der Waals surface area contributed by atoms with Crippen molar-refractivity contribution in [3.05, 3.63) is 40.0 Å². The van der Waals surface area contributed by atoms with Crippen molar-refractivity contribution in [3.8, 4) is 0 Å². The first kappa shape index (κ1) is 11.8. The molecule has 0 amide bonds. The predicted octanol–water partition coefficient (Wildman–Crippen LogP) is 1.32. The Morgan fingerprint density at radius 3 is 3.12 bits per heavy atom. The SMILES string of the molecule is O=[N+]([O-])N=C1SCCN1Cc1ccc(F)nc1. The average molecular weight is 256 g/mol. The van der Waals surface area contributed by atoms with Gasteiger partial charge in [0.2, 0.25) is 11.1 Å². The van der Waals surface area contributed by atoms with Crippen molar-refractivity contribution >= 4 is 16.9 Å². The van der Waals surface area contributed by atoms with E-state index in [-0.39, 0.29) is 0 Å². The van der Waals surface area contributed by atoms with E-state index in [0.717, 1.165) is 11.3 Å². The minimum Gasteiger partial charge on any atom is -0.341 e. The van der Waals surface area contributed by atoms with E-state index in [2.05, 4.69) is 10.1 Å². The predicted molar refractivity (Wildman–Crippen MR) is 61.5 cm³/mol. The maximum absolute atomic E-state index is 12.6.